The van der Waals surface area contributed by atoms with Gasteiger partial charge >= 0.3 is 0 Å². The van der Waals surface area contributed by atoms with Gasteiger partial charge in [-0.25, -0.2) is 9.67 Å². The third-order valence-corrected chi connectivity index (χ3v) is 2.18. The maximum atomic E-state index is 12.1. The van der Waals surface area contributed by atoms with Crippen LogP contribution in [-0.2, 0) is 4.74 Å². The van der Waals surface area contributed by atoms with Gasteiger partial charge in [-0.05, 0) is 0 Å². The summed E-state index contributed by atoms with van der Waals surface area (Å²) < 4.78 is 6.51. The maximum absolute atomic E-state index is 12.1. The number of hydrogen-bond acceptors (Lipinski definition) is 4. The average Bonchev–Trinajstić information content (AvgIpc) is 2.85. The molecule has 1 heterocycles. The summed E-state index contributed by atoms with van der Waals surface area (Å²) in [5, 5.41) is 3.89. The van der Waals surface area contributed by atoms with Gasteiger partial charge in [0.05, 0.1) is 0 Å². The van der Waals surface area contributed by atoms with Crippen LogP contribution in [0.3, 0.4) is 0 Å². The van der Waals surface area contributed by atoms with Crippen molar-refractivity contribution in [3.63, 3.8) is 0 Å². The summed E-state index contributed by atoms with van der Waals surface area (Å²) in [7, 11) is 1.47. The summed E-state index contributed by atoms with van der Waals surface area (Å²) in [5.74, 6) is -0.145. The van der Waals surface area contributed by atoms with E-state index in [0.717, 1.165) is 0 Å². The van der Waals surface area contributed by atoms with Gasteiger partial charge in [-0.15, -0.1) is 0 Å². The van der Waals surface area contributed by atoms with E-state index in [2.05, 4.69) is 10.1 Å². The molecule has 0 amide bonds. The highest BCUT2D eigenvalue weighted by atomic mass is 16.5. The number of rotatable bonds is 4. The lowest BCUT2D eigenvalue weighted by molar-refractivity contribution is 0.0293. The van der Waals surface area contributed by atoms with Gasteiger partial charge in [0.15, 0.2) is 0 Å². The first kappa shape index (κ1) is 10.5. The first-order valence-corrected chi connectivity index (χ1v) is 4.79. The lowest BCUT2D eigenvalue weighted by atomic mass is 10.1. The zero-order chi connectivity index (χ0) is 11.4. The second-order valence-electron chi connectivity index (χ2n) is 3.19. The summed E-state index contributed by atoms with van der Waals surface area (Å²) in [4.78, 5) is 15.8. The Morgan fingerprint density at radius 3 is 2.69 bits per heavy atom. The van der Waals surface area contributed by atoms with Gasteiger partial charge in [-0.1, -0.05) is 30.3 Å². The molecule has 0 aliphatic rings. The van der Waals surface area contributed by atoms with Crippen molar-refractivity contribution in [3.05, 3.63) is 48.5 Å². The van der Waals surface area contributed by atoms with Crippen molar-refractivity contribution in [2.45, 2.75) is 6.23 Å². The standard InChI is InChI=1S/C11H11N3O2/c1-16-11(14-8-12-7-13-14)10(15)9-5-3-2-4-6-9/h2-8,11H,1H3. The van der Waals surface area contributed by atoms with Gasteiger partial charge in [0.25, 0.3) is 0 Å². The molecule has 2 aromatic rings. The molecule has 0 aliphatic heterocycles. The van der Waals surface area contributed by atoms with Crippen LogP contribution in [0.25, 0.3) is 0 Å². The molecule has 0 fully saturated rings. The molecule has 82 valence electrons. The van der Waals surface area contributed by atoms with E-state index in [0.29, 0.717) is 5.56 Å². The Morgan fingerprint density at radius 2 is 2.12 bits per heavy atom. The minimum absolute atomic E-state index is 0.145. The van der Waals surface area contributed by atoms with E-state index in [4.69, 9.17) is 4.74 Å². The Labute approximate surface area is 92.7 Å². The Morgan fingerprint density at radius 1 is 1.38 bits per heavy atom. The number of benzene rings is 1. The van der Waals surface area contributed by atoms with Crippen molar-refractivity contribution < 1.29 is 9.53 Å². The predicted octanol–water partition coefficient (Wildman–Crippen LogP) is 1.31. The predicted molar refractivity (Wildman–Crippen MR) is 56.8 cm³/mol. The third-order valence-electron chi connectivity index (χ3n) is 2.18. The second-order valence-corrected chi connectivity index (χ2v) is 3.19. The molecule has 1 aromatic carbocycles. The molecule has 5 heteroatoms. The van der Waals surface area contributed by atoms with Crippen LogP contribution in [0.15, 0.2) is 43.0 Å². The number of carbonyl (C=O) groups excluding carboxylic acids is 1. The summed E-state index contributed by atoms with van der Waals surface area (Å²) in [6, 6.07) is 8.95. The Balaban J connectivity index is 2.27. The number of aromatic nitrogens is 3. The zero-order valence-electron chi connectivity index (χ0n) is 8.78. The largest absolute Gasteiger partial charge is 0.353 e. The third kappa shape index (κ3) is 1.99. The summed E-state index contributed by atoms with van der Waals surface area (Å²) in [6.07, 6.45) is 2.06. The first-order valence-electron chi connectivity index (χ1n) is 4.79. The molecule has 0 saturated heterocycles. The van der Waals surface area contributed by atoms with Crippen LogP contribution in [0.1, 0.15) is 16.6 Å². The van der Waals surface area contributed by atoms with Gasteiger partial charge in [0, 0.05) is 12.7 Å². The molecular weight excluding hydrogens is 206 g/mol. The molecule has 1 aromatic heterocycles. The summed E-state index contributed by atoms with van der Waals surface area (Å²) >= 11 is 0. The number of carbonyl (C=O) groups is 1. The van der Waals surface area contributed by atoms with Crippen molar-refractivity contribution in [3.8, 4) is 0 Å². The monoisotopic (exact) mass is 217 g/mol. The lowest BCUT2D eigenvalue weighted by Gasteiger charge is -2.13. The SMILES string of the molecule is COC(C(=O)c1ccccc1)n1cncn1. The smallest absolute Gasteiger partial charge is 0.215 e. The van der Waals surface area contributed by atoms with Gasteiger partial charge in [0.2, 0.25) is 12.0 Å². The molecular formula is C11H11N3O2. The van der Waals surface area contributed by atoms with Crippen LogP contribution in [0, 0.1) is 0 Å². The highest BCUT2D eigenvalue weighted by Crippen LogP contribution is 2.13. The molecule has 0 radical (unpaired) electrons. The molecule has 1 atom stereocenters. The van der Waals surface area contributed by atoms with E-state index in [1.54, 1.807) is 24.3 Å². The second kappa shape index (κ2) is 4.67. The van der Waals surface area contributed by atoms with Gasteiger partial charge in [0.1, 0.15) is 12.7 Å². The highest BCUT2D eigenvalue weighted by molar-refractivity contribution is 5.98. The molecule has 16 heavy (non-hydrogen) atoms. The quantitative estimate of drug-likeness (QED) is 0.724. The van der Waals surface area contributed by atoms with Crippen molar-refractivity contribution in [1.82, 2.24) is 14.8 Å². The van der Waals surface area contributed by atoms with Crippen molar-refractivity contribution in [1.29, 1.82) is 0 Å². The number of nitrogens with zero attached hydrogens (tertiary/aromatic N) is 3. The fourth-order valence-corrected chi connectivity index (χ4v) is 1.42. The molecule has 1 unspecified atom stereocenters. The van der Waals surface area contributed by atoms with Crippen LogP contribution >= 0.6 is 0 Å². The molecule has 0 saturated carbocycles. The molecule has 0 spiro atoms. The van der Waals surface area contributed by atoms with Gasteiger partial charge in [-0.3, -0.25) is 4.79 Å². The molecule has 5 nitrogen and oxygen atoms in total. The minimum atomic E-state index is -0.759. The summed E-state index contributed by atoms with van der Waals surface area (Å²) in [6.45, 7) is 0. The normalized spacial score (nSPS) is 12.3. The number of hydrogen-bond donors (Lipinski definition) is 0. The maximum Gasteiger partial charge on any atom is 0.215 e. The first-order chi connectivity index (χ1) is 7.83. The van der Waals surface area contributed by atoms with E-state index in [1.807, 2.05) is 6.07 Å². The van der Waals surface area contributed by atoms with Crippen LogP contribution in [-0.4, -0.2) is 27.7 Å². The van der Waals surface area contributed by atoms with E-state index < -0.39 is 6.23 Å². The van der Waals surface area contributed by atoms with Crippen molar-refractivity contribution >= 4 is 5.78 Å². The molecule has 0 aliphatic carbocycles. The topological polar surface area (TPSA) is 57.0 Å². The Hall–Kier alpha value is -2.01. The van der Waals surface area contributed by atoms with Crippen LogP contribution in [0.5, 0.6) is 0 Å². The van der Waals surface area contributed by atoms with E-state index in [9.17, 15) is 4.79 Å². The number of ether oxygens (including phenoxy) is 1. The Bertz CT molecular complexity index is 453. The molecule has 2 rings (SSSR count). The lowest BCUT2D eigenvalue weighted by Crippen LogP contribution is -2.21. The van der Waals surface area contributed by atoms with Crippen molar-refractivity contribution in [2.75, 3.05) is 7.11 Å². The van der Waals surface area contributed by atoms with Crippen LogP contribution in [0.2, 0.25) is 0 Å². The van der Waals surface area contributed by atoms with E-state index in [1.165, 1.54) is 24.4 Å². The Kier molecular flexibility index (Phi) is 3.07. The van der Waals surface area contributed by atoms with Crippen LogP contribution < -0.4 is 0 Å². The highest BCUT2D eigenvalue weighted by Gasteiger charge is 2.21. The molecule has 0 bridgehead atoms. The number of methoxy groups -OCH3 is 1. The fourth-order valence-electron chi connectivity index (χ4n) is 1.42. The fraction of sp³-hybridized carbons (Fsp3) is 0.182. The average molecular weight is 217 g/mol. The molecule has 0 N–H and O–H groups in total. The number of Topliss-reactive ketones (excluding diaryl/α,β-unsaturated/α-hetero) is 1. The number of ketones is 1. The van der Waals surface area contributed by atoms with Gasteiger partial charge in [-0.2, -0.15) is 5.10 Å². The van der Waals surface area contributed by atoms with Crippen LogP contribution in [0.4, 0.5) is 0 Å². The minimum Gasteiger partial charge on any atom is -0.353 e. The van der Waals surface area contributed by atoms with Crippen molar-refractivity contribution in [2.24, 2.45) is 0 Å². The zero-order valence-corrected chi connectivity index (χ0v) is 8.78. The van der Waals surface area contributed by atoms with E-state index in [-0.39, 0.29) is 5.78 Å². The summed E-state index contributed by atoms with van der Waals surface area (Å²) in [5.41, 5.74) is 0.588. The van der Waals surface area contributed by atoms with E-state index >= 15 is 0 Å². The van der Waals surface area contributed by atoms with Gasteiger partial charge < -0.3 is 4.74 Å².